The molecule has 0 aliphatic carbocycles. The molecule has 4 rings (SSSR count). The predicted octanol–water partition coefficient (Wildman–Crippen LogP) is 4.49. The Hall–Kier alpha value is -3.45. The molecule has 2 heterocycles. The Labute approximate surface area is 172 Å². The Bertz CT molecular complexity index is 1120. The molecule has 2 aromatic heterocycles. The Morgan fingerprint density at radius 3 is 2.62 bits per heavy atom. The lowest BCUT2D eigenvalue weighted by atomic mass is 10.1. The first-order valence-corrected chi connectivity index (χ1v) is 10.0. The zero-order valence-electron chi connectivity index (χ0n) is 16.1. The molecule has 29 heavy (non-hydrogen) atoms. The van der Waals surface area contributed by atoms with Gasteiger partial charge in [-0.1, -0.05) is 30.3 Å². The van der Waals surface area contributed by atoms with E-state index in [4.69, 9.17) is 9.72 Å². The number of nitrogens with zero attached hydrogens (tertiary/aromatic N) is 3. The summed E-state index contributed by atoms with van der Waals surface area (Å²) >= 11 is 1.47. The van der Waals surface area contributed by atoms with Crippen molar-refractivity contribution in [3.05, 3.63) is 77.3 Å². The Kier molecular flexibility index (Phi) is 5.39. The van der Waals surface area contributed by atoms with Crippen molar-refractivity contribution in [2.45, 2.75) is 13.3 Å². The summed E-state index contributed by atoms with van der Waals surface area (Å²) in [6.07, 6.45) is 0.306. The molecule has 7 heteroatoms. The monoisotopic (exact) mass is 404 g/mol. The minimum Gasteiger partial charge on any atom is -0.497 e. The number of methoxy groups -OCH3 is 1. The van der Waals surface area contributed by atoms with Gasteiger partial charge in [-0.05, 0) is 36.8 Å². The van der Waals surface area contributed by atoms with E-state index in [-0.39, 0.29) is 5.91 Å². The van der Waals surface area contributed by atoms with Crippen molar-refractivity contribution in [3.8, 4) is 22.1 Å². The number of thiazole rings is 1. The molecule has 6 nitrogen and oxygen atoms in total. The van der Waals surface area contributed by atoms with Crippen LogP contribution in [0.5, 0.6) is 5.75 Å². The maximum Gasteiger partial charge on any atom is 0.229 e. The van der Waals surface area contributed by atoms with Crippen LogP contribution in [0.25, 0.3) is 16.4 Å². The van der Waals surface area contributed by atoms with E-state index < -0.39 is 0 Å². The Morgan fingerprint density at radius 2 is 1.90 bits per heavy atom. The van der Waals surface area contributed by atoms with Crippen LogP contribution in [0.3, 0.4) is 0 Å². The molecule has 1 N–H and O–H groups in total. The summed E-state index contributed by atoms with van der Waals surface area (Å²) in [5.74, 6) is 1.32. The highest BCUT2D eigenvalue weighted by molar-refractivity contribution is 7.12. The first-order valence-electron chi connectivity index (χ1n) is 9.13. The average Bonchev–Trinajstić information content (AvgIpc) is 3.35. The van der Waals surface area contributed by atoms with Gasteiger partial charge in [0.25, 0.3) is 0 Å². The van der Waals surface area contributed by atoms with E-state index in [1.54, 1.807) is 11.8 Å². The highest BCUT2D eigenvalue weighted by Crippen LogP contribution is 2.27. The number of anilines is 1. The lowest BCUT2D eigenvalue weighted by Gasteiger charge is -2.06. The summed E-state index contributed by atoms with van der Waals surface area (Å²) in [6.45, 7) is 1.89. The zero-order valence-corrected chi connectivity index (χ0v) is 16.9. The molecule has 0 bridgehead atoms. The van der Waals surface area contributed by atoms with Crippen molar-refractivity contribution in [3.63, 3.8) is 0 Å². The molecule has 4 aromatic rings. The fraction of sp³-hybridized carbons (Fsp3) is 0.136. The molecule has 0 unspecified atom stereocenters. The van der Waals surface area contributed by atoms with Crippen LogP contribution in [0.4, 0.5) is 5.82 Å². The van der Waals surface area contributed by atoms with Crippen LogP contribution < -0.4 is 10.1 Å². The second-order valence-electron chi connectivity index (χ2n) is 6.54. The number of ether oxygens (including phenoxy) is 1. The number of carbonyl (C=O) groups excluding carboxylic acids is 1. The lowest BCUT2D eigenvalue weighted by Crippen LogP contribution is -2.17. The molecule has 0 aliphatic rings. The zero-order chi connectivity index (χ0) is 20.2. The summed E-state index contributed by atoms with van der Waals surface area (Å²) in [4.78, 5) is 17.2. The van der Waals surface area contributed by atoms with Gasteiger partial charge in [0.05, 0.1) is 24.9 Å². The Balaban J connectivity index is 1.55. The first-order chi connectivity index (χ1) is 14.1. The molecule has 0 saturated heterocycles. The summed E-state index contributed by atoms with van der Waals surface area (Å²) in [7, 11) is 1.64. The van der Waals surface area contributed by atoms with Gasteiger partial charge in [-0.15, -0.1) is 11.3 Å². The molecular formula is C22H20N4O2S. The van der Waals surface area contributed by atoms with Crippen molar-refractivity contribution in [2.75, 3.05) is 12.4 Å². The number of aryl methyl sites for hydroxylation is 1. The van der Waals surface area contributed by atoms with E-state index in [9.17, 15) is 4.79 Å². The number of rotatable bonds is 6. The van der Waals surface area contributed by atoms with Crippen LogP contribution >= 0.6 is 11.3 Å². The van der Waals surface area contributed by atoms with Crippen molar-refractivity contribution in [1.29, 1.82) is 0 Å². The number of aromatic nitrogens is 3. The van der Waals surface area contributed by atoms with Crippen LogP contribution in [-0.2, 0) is 11.2 Å². The number of benzene rings is 2. The minimum absolute atomic E-state index is 0.0933. The molecule has 1 amide bonds. The summed E-state index contributed by atoms with van der Waals surface area (Å²) in [5, 5.41) is 10.1. The van der Waals surface area contributed by atoms with Gasteiger partial charge in [-0.25, -0.2) is 4.98 Å². The minimum atomic E-state index is -0.0933. The molecule has 0 saturated carbocycles. The fourth-order valence-electron chi connectivity index (χ4n) is 2.96. The van der Waals surface area contributed by atoms with Gasteiger partial charge in [0.1, 0.15) is 11.6 Å². The second kappa shape index (κ2) is 8.28. The van der Waals surface area contributed by atoms with Crippen LogP contribution in [0.15, 0.2) is 66.0 Å². The standard InChI is InChI=1S/C22H20N4O2S/c1-15-12-20(24-21(27)13-16-6-4-3-5-7-16)26(25-15)22-23-19(14-29-22)17-8-10-18(28-2)11-9-17/h3-12,14H,13H2,1-2H3,(H,24,27). The topological polar surface area (TPSA) is 69.0 Å². The summed E-state index contributed by atoms with van der Waals surface area (Å²) in [6, 6.07) is 19.2. The van der Waals surface area contributed by atoms with E-state index in [2.05, 4.69) is 10.4 Å². The normalized spacial score (nSPS) is 10.7. The summed E-state index contributed by atoms with van der Waals surface area (Å²) < 4.78 is 6.88. The highest BCUT2D eigenvalue weighted by atomic mass is 32.1. The first kappa shape index (κ1) is 18.9. The molecule has 0 fully saturated rings. The Morgan fingerprint density at radius 1 is 1.14 bits per heavy atom. The van der Waals surface area contributed by atoms with Crippen LogP contribution in [-0.4, -0.2) is 27.8 Å². The van der Waals surface area contributed by atoms with Crippen LogP contribution in [0.2, 0.25) is 0 Å². The maximum atomic E-state index is 12.5. The van der Waals surface area contributed by atoms with Crippen molar-refractivity contribution in [1.82, 2.24) is 14.8 Å². The van der Waals surface area contributed by atoms with Gasteiger partial charge in [0.15, 0.2) is 0 Å². The van der Waals surface area contributed by atoms with E-state index in [1.807, 2.05) is 73.0 Å². The van der Waals surface area contributed by atoms with E-state index in [1.165, 1.54) is 11.3 Å². The lowest BCUT2D eigenvalue weighted by molar-refractivity contribution is -0.115. The van der Waals surface area contributed by atoms with Gasteiger partial charge in [-0.2, -0.15) is 9.78 Å². The molecule has 0 aliphatic heterocycles. The largest absolute Gasteiger partial charge is 0.497 e. The van der Waals surface area contributed by atoms with Gasteiger partial charge in [0.2, 0.25) is 11.0 Å². The smallest absolute Gasteiger partial charge is 0.229 e. The number of carbonyl (C=O) groups is 1. The highest BCUT2D eigenvalue weighted by Gasteiger charge is 2.15. The van der Waals surface area contributed by atoms with Gasteiger partial charge >= 0.3 is 0 Å². The van der Waals surface area contributed by atoms with E-state index in [0.717, 1.165) is 28.3 Å². The third kappa shape index (κ3) is 4.35. The number of nitrogens with one attached hydrogen (secondary N) is 1. The molecule has 146 valence electrons. The van der Waals surface area contributed by atoms with Gasteiger partial charge < -0.3 is 10.1 Å². The fourth-order valence-corrected chi connectivity index (χ4v) is 3.75. The second-order valence-corrected chi connectivity index (χ2v) is 7.37. The number of hydrogen-bond donors (Lipinski definition) is 1. The third-order valence-corrected chi connectivity index (χ3v) is 5.18. The van der Waals surface area contributed by atoms with Gasteiger partial charge in [-0.3, -0.25) is 4.79 Å². The van der Waals surface area contributed by atoms with Crippen molar-refractivity contribution in [2.24, 2.45) is 0 Å². The van der Waals surface area contributed by atoms with Crippen LogP contribution in [0, 0.1) is 6.92 Å². The molecular weight excluding hydrogens is 384 g/mol. The van der Waals surface area contributed by atoms with Crippen molar-refractivity contribution < 1.29 is 9.53 Å². The molecule has 0 radical (unpaired) electrons. The quantitative estimate of drug-likeness (QED) is 0.514. The van der Waals surface area contributed by atoms with Crippen molar-refractivity contribution >= 4 is 23.1 Å². The van der Waals surface area contributed by atoms with Gasteiger partial charge in [0, 0.05) is 17.0 Å². The molecule has 0 atom stereocenters. The van der Waals surface area contributed by atoms with E-state index >= 15 is 0 Å². The number of hydrogen-bond acceptors (Lipinski definition) is 5. The third-order valence-electron chi connectivity index (χ3n) is 4.37. The molecule has 0 spiro atoms. The maximum absolute atomic E-state index is 12.5. The number of amides is 1. The predicted molar refractivity (Wildman–Crippen MR) is 115 cm³/mol. The summed E-state index contributed by atoms with van der Waals surface area (Å²) in [5.41, 5.74) is 3.61. The van der Waals surface area contributed by atoms with Crippen LogP contribution in [0.1, 0.15) is 11.3 Å². The molecule has 2 aromatic carbocycles. The SMILES string of the molecule is COc1ccc(-c2csc(-n3nc(C)cc3NC(=O)Cc3ccccc3)n2)cc1. The average molecular weight is 404 g/mol. The van der Waals surface area contributed by atoms with E-state index in [0.29, 0.717) is 17.4 Å².